The standard InChI is InChI=1S/C13H19ClN6/c1-4-11-9(6-8(3)18-19-11)12(17-15)13-10(14)7-16-20(13)5-2/h6-7,12,17H,4-5,15H2,1-3H3. The molecule has 0 aromatic carbocycles. The Kier molecular flexibility index (Phi) is 4.69. The van der Waals surface area contributed by atoms with E-state index in [4.69, 9.17) is 17.4 Å². The van der Waals surface area contributed by atoms with Crippen LogP contribution in [0.3, 0.4) is 0 Å². The Morgan fingerprint density at radius 1 is 1.40 bits per heavy atom. The maximum Gasteiger partial charge on any atom is 0.0912 e. The van der Waals surface area contributed by atoms with Gasteiger partial charge in [-0.25, -0.2) is 5.43 Å². The van der Waals surface area contributed by atoms with Gasteiger partial charge in [0, 0.05) is 12.1 Å². The predicted molar refractivity (Wildman–Crippen MR) is 78.2 cm³/mol. The van der Waals surface area contributed by atoms with Gasteiger partial charge in [0.1, 0.15) is 0 Å². The molecule has 2 rings (SSSR count). The Bertz CT molecular complexity index is 595. The van der Waals surface area contributed by atoms with E-state index >= 15 is 0 Å². The van der Waals surface area contributed by atoms with Crippen molar-refractivity contribution in [2.24, 2.45) is 5.84 Å². The summed E-state index contributed by atoms with van der Waals surface area (Å²) in [6, 6.07) is 1.73. The molecule has 0 aliphatic carbocycles. The van der Waals surface area contributed by atoms with E-state index in [1.54, 1.807) is 6.20 Å². The number of aryl methyl sites for hydroxylation is 3. The molecule has 2 aromatic rings. The van der Waals surface area contributed by atoms with Crippen LogP contribution >= 0.6 is 11.6 Å². The van der Waals surface area contributed by atoms with Crippen LogP contribution < -0.4 is 11.3 Å². The van der Waals surface area contributed by atoms with E-state index < -0.39 is 0 Å². The Labute approximate surface area is 123 Å². The van der Waals surface area contributed by atoms with Crippen molar-refractivity contribution >= 4 is 11.6 Å². The average Bonchev–Trinajstić information content (AvgIpc) is 2.82. The minimum atomic E-state index is -0.255. The van der Waals surface area contributed by atoms with Gasteiger partial charge in [-0.3, -0.25) is 10.5 Å². The van der Waals surface area contributed by atoms with E-state index in [9.17, 15) is 0 Å². The first-order chi connectivity index (χ1) is 9.62. The molecule has 7 heteroatoms. The summed E-state index contributed by atoms with van der Waals surface area (Å²) < 4.78 is 1.84. The Balaban J connectivity index is 2.57. The second-order valence-electron chi connectivity index (χ2n) is 4.53. The quantitative estimate of drug-likeness (QED) is 0.649. The molecule has 2 heterocycles. The van der Waals surface area contributed by atoms with Crippen LogP contribution in [0.25, 0.3) is 0 Å². The van der Waals surface area contributed by atoms with Gasteiger partial charge in [-0.05, 0) is 26.3 Å². The summed E-state index contributed by atoms with van der Waals surface area (Å²) in [4.78, 5) is 0. The first-order valence-corrected chi connectivity index (χ1v) is 7.00. The third-order valence-electron chi connectivity index (χ3n) is 3.24. The highest BCUT2D eigenvalue weighted by molar-refractivity contribution is 6.31. The molecule has 6 nitrogen and oxygen atoms in total. The molecule has 20 heavy (non-hydrogen) atoms. The number of halogens is 1. The van der Waals surface area contributed by atoms with Gasteiger partial charge in [-0.15, -0.1) is 0 Å². The average molecular weight is 295 g/mol. The summed E-state index contributed by atoms with van der Waals surface area (Å²) in [5, 5.41) is 13.2. The largest absolute Gasteiger partial charge is 0.271 e. The first kappa shape index (κ1) is 14.9. The van der Waals surface area contributed by atoms with Crippen molar-refractivity contribution in [3.8, 4) is 0 Å². The fourth-order valence-corrected chi connectivity index (χ4v) is 2.54. The number of nitrogens with two attached hydrogens (primary N) is 1. The summed E-state index contributed by atoms with van der Waals surface area (Å²) >= 11 is 6.27. The fraction of sp³-hybridized carbons (Fsp3) is 0.462. The molecular formula is C13H19ClN6. The van der Waals surface area contributed by atoms with E-state index in [0.29, 0.717) is 5.02 Å². The highest BCUT2D eigenvalue weighted by Gasteiger charge is 2.23. The third-order valence-corrected chi connectivity index (χ3v) is 3.54. The lowest BCUT2D eigenvalue weighted by atomic mass is 10.0. The number of aromatic nitrogens is 4. The predicted octanol–water partition coefficient (Wildman–Crippen LogP) is 1.77. The highest BCUT2D eigenvalue weighted by Crippen LogP contribution is 2.29. The third kappa shape index (κ3) is 2.67. The molecule has 0 aliphatic heterocycles. The fourth-order valence-electron chi connectivity index (χ4n) is 2.29. The minimum absolute atomic E-state index is 0.255. The van der Waals surface area contributed by atoms with Crippen molar-refractivity contribution in [3.63, 3.8) is 0 Å². The second-order valence-corrected chi connectivity index (χ2v) is 4.94. The van der Waals surface area contributed by atoms with E-state index in [-0.39, 0.29) is 6.04 Å². The van der Waals surface area contributed by atoms with Crippen LogP contribution in [0.5, 0.6) is 0 Å². The topological polar surface area (TPSA) is 81.7 Å². The number of rotatable bonds is 5. The molecule has 108 valence electrons. The lowest BCUT2D eigenvalue weighted by Gasteiger charge is -2.20. The van der Waals surface area contributed by atoms with Gasteiger partial charge in [0.25, 0.3) is 0 Å². The smallest absolute Gasteiger partial charge is 0.0912 e. The van der Waals surface area contributed by atoms with Crippen LogP contribution in [-0.2, 0) is 13.0 Å². The minimum Gasteiger partial charge on any atom is -0.271 e. The van der Waals surface area contributed by atoms with E-state index in [2.05, 4.69) is 20.7 Å². The van der Waals surface area contributed by atoms with Crippen LogP contribution in [-0.4, -0.2) is 20.0 Å². The molecule has 1 atom stereocenters. The van der Waals surface area contributed by atoms with Gasteiger partial charge in [0.05, 0.1) is 34.3 Å². The van der Waals surface area contributed by atoms with Gasteiger partial charge in [-0.1, -0.05) is 18.5 Å². The van der Waals surface area contributed by atoms with Crippen molar-refractivity contribution in [2.45, 2.75) is 39.8 Å². The van der Waals surface area contributed by atoms with Gasteiger partial charge in [0.2, 0.25) is 0 Å². The zero-order valence-electron chi connectivity index (χ0n) is 11.9. The maximum atomic E-state index is 6.27. The Morgan fingerprint density at radius 3 is 2.75 bits per heavy atom. The van der Waals surface area contributed by atoms with Crippen LogP contribution in [0.15, 0.2) is 12.3 Å². The molecule has 0 spiro atoms. The van der Waals surface area contributed by atoms with Crippen LogP contribution in [0.1, 0.15) is 42.5 Å². The zero-order chi connectivity index (χ0) is 14.7. The molecule has 2 aromatic heterocycles. The normalized spacial score (nSPS) is 12.7. The summed E-state index contributed by atoms with van der Waals surface area (Å²) in [6.45, 7) is 6.67. The summed E-state index contributed by atoms with van der Waals surface area (Å²) in [5.74, 6) is 5.76. The number of hydrazine groups is 1. The molecule has 0 saturated heterocycles. The van der Waals surface area contributed by atoms with Gasteiger partial charge in [-0.2, -0.15) is 15.3 Å². The van der Waals surface area contributed by atoms with Gasteiger partial charge in [0.15, 0.2) is 0 Å². The van der Waals surface area contributed by atoms with E-state index in [1.165, 1.54) is 0 Å². The monoisotopic (exact) mass is 294 g/mol. The van der Waals surface area contributed by atoms with E-state index in [0.717, 1.165) is 35.6 Å². The molecule has 0 aliphatic rings. The molecule has 0 bridgehead atoms. The Morgan fingerprint density at radius 2 is 2.15 bits per heavy atom. The van der Waals surface area contributed by atoms with Crippen molar-refractivity contribution in [3.05, 3.63) is 39.9 Å². The van der Waals surface area contributed by atoms with E-state index in [1.807, 2.05) is 31.5 Å². The highest BCUT2D eigenvalue weighted by atomic mass is 35.5. The van der Waals surface area contributed by atoms with Crippen molar-refractivity contribution in [1.82, 2.24) is 25.4 Å². The zero-order valence-corrected chi connectivity index (χ0v) is 12.6. The van der Waals surface area contributed by atoms with Crippen LogP contribution in [0, 0.1) is 6.92 Å². The van der Waals surface area contributed by atoms with Gasteiger partial charge < -0.3 is 0 Å². The lowest BCUT2D eigenvalue weighted by Crippen LogP contribution is -2.32. The second kappa shape index (κ2) is 6.30. The number of nitrogens with zero attached hydrogens (tertiary/aromatic N) is 4. The molecule has 1 unspecified atom stereocenters. The molecule has 0 radical (unpaired) electrons. The number of hydrogen-bond acceptors (Lipinski definition) is 5. The number of hydrogen-bond donors (Lipinski definition) is 2. The molecule has 0 fully saturated rings. The number of nitrogens with one attached hydrogen (secondary N) is 1. The summed E-state index contributed by atoms with van der Waals surface area (Å²) in [7, 11) is 0. The van der Waals surface area contributed by atoms with Gasteiger partial charge >= 0.3 is 0 Å². The van der Waals surface area contributed by atoms with Crippen molar-refractivity contribution in [2.75, 3.05) is 0 Å². The van der Waals surface area contributed by atoms with Crippen LogP contribution in [0.2, 0.25) is 5.02 Å². The molecular weight excluding hydrogens is 276 g/mol. The Hall–Kier alpha value is -1.50. The first-order valence-electron chi connectivity index (χ1n) is 6.62. The molecule has 0 amide bonds. The SMILES string of the molecule is CCc1nnc(C)cc1C(NN)c1c(Cl)cnn1CC. The van der Waals surface area contributed by atoms with Crippen LogP contribution in [0.4, 0.5) is 0 Å². The maximum absolute atomic E-state index is 6.27. The lowest BCUT2D eigenvalue weighted by molar-refractivity contribution is 0.537. The summed E-state index contributed by atoms with van der Waals surface area (Å²) in [6.07, 6.45) is 2.41. The van der Waals surface area contributed by atoms with Crippen molar-refractivity contribution in [1.29, 1.82) is 0 Å². The summed E-state index contributed by atoms with van der Waals surface area (Å²) in [5.41, 5.74) is 6.40. The molecule has 0 saturated carbocycles. The van der Waals surface area contributed by atoms with Crippen molar-refractivity contribution < 1.29 is 0 Å². The molecule has 3 N–H and O–H groups in total.